The van der Waals surface area contributed by atoms with E-state index in [0.29, 0.717) is 40.0 Å². The van der Waals surface area contributed by atoms with Gasteiger partial charge in [-0.2, -0.15) is 5.10 Å². The number of carbonyl (C=O) groups excluding carboxylic acids is 1. The van der Waals surface area contributed by atoms with Gasteiger partial charge in [-0.3, -0.25) is 4.79 Å². The van der Waals surface area contributed by atoms with Crippen LogP contribution in [0.2, 0.25) is 5.02 Å². The molecule has 0 aliphatic carbocycles. The van der Waals surface area contributed by atoms with Gasteiger partial charge in [-0.15, -0.1) is 0 Å². The minimum absolute atomic E-state index is 0.338. The molecule has 0 aromatic heterocycles. The van der Waals surface area contributed by atoms with Crippen molar-refractivity contribution in [3.8, 4) is 17.2 Å². The molecule has 0 spiro atoms. The molecule has 3 rings (SSSR count). The number of methoxy groups -OCH3 is 2. The van der Waals surface area contributed by atoms with Crippen molar-refractivity contribution >= 4 is 23.7 Å². The second-order valence-electron chi connectivity index (χ2n) is 6.24. The third-order valence-electron chi connectivity index (χ3n) is 4.21. The van der Waals surface area contributed by atoms with Crippen molar-refractivity contribution in [1.82, 2.24) is 5.43 Å². The van der Waals surface area contributed by atoms with Crippen LogP contribution in [0.5, 0.6) is 17.2 Å². The van der Waals surface area contributed by atoms with Crippen LogP contribution in [0.3, 0.4) is 0 Å². The molecule has 6 nitrogen and oxygen atoms in total. The minimum Gasteiger partial charge on any atom is -0.497 e. The molecule has 3 aromatic carbocycles. The molecule has 3 aromatic rings. The highest BCUT2D eigenvalue weighted by atomic mass is 35.5. The van der Waals surface area contributed by atoms with E-state index >= 15 is 0 Å². The lowest BCUT2D eigenvalue weighted by Gasteiger charge is -2.13. The van der Waals surface area contributed by atoms with Crippen LogP contribution in [-0.4, -0.2) is 26.3 Å². The van der Waals surface area contributed by atoms with Crippen LogP contribution < -0.4 is 19.6 Å². The van der Waals surface area contributed by atoms with Gasteiger partial charge in [-0.1, -0.05) is 41.9 Å². The number of amides is 1. The van der Waals surface area contributed by atoms with Crippen LogP contribution in [0.15, 0.2) is 71.8 Å². The summed E-state index contributed by atoms with van der Waals surface area (Å²) in [5.74, 6) is 1.25. The van der Waals surface area contributed by atoms with Crippen LogP contribution in [0.4, 0.5) is 0 Å². The maximum absolute atomic E-state index is 12.2. The van der Waals surface area contributed by atoms with Gasteiger partial charge < -0.3 is 14.2 Å². The summed E-state index contributed by atoms with van der Waals surface area (Å²) in [5, 5.41) is 4.37. The topological polar surface area (TPSA) is 69.2 Å². The number of rotatable bonds is 8. The molecule has 1 N–H and O–H groups in total. The summed E-state index contributed by atoms with van der Waals surface area (Å²) in [6, 6.07) is 19.9. The highest BCUT2D eigenvalue weighted by Gasteiger charge is 2.12. The Morgan fingerprint density at radius 1 is 1.03 bits per heavy atom. The number of nitrogens with one attached hydrogen (secondary N) is 1. The Balaban J connectivity index is 1.66. The number of hydrazone groups is 1. The maximum Gasteiger partial charge on any atom is 0.271 e. The van der Waals surface area contributed by atoms with E-state index in [1.807, 2.05) is 30.3 Å². The van der Waals surface area contributed by atoms with E-state index in [9.17, 15) is 4.79 Å². The first-order valence-corrected chi connectivity index (χ1v) is 9.50. The van der Waals surface area contributed by atoms with Gasteiger partial charge in [-0.25, -0.2) is 5.43 Å². The smallest absolute Gasteiger partial charge is 0.271 e. The summed E-state index contributed by atoms with van der Waals surface area (Å²) < 4.78 is 16.3. The first-order valence-electron chi connectivity index (χ1n) is 9.12. The van der Waals surface area contributed by atoms with E-state index in [-0.39, 0.29) is 5.91 Å². The van der Waals surface area contributed by atoms with E-state index < -0.39 is 0 Å². The van der Waals surface area contributed by atoms with Crippen LogP contribution in [0.25, 0.3) is 0 Å². The van der Waals surface area contributed by atoms with Gasteiger partial charge in [-0.05, 0) is 47.5 Å². The van der Waals surface area contributed by atoms with Crippen LogP contribution in [0, 0.1) is 0 Å². The van der Waals surface area contributed by atoms with Crippen molar-refractivity contribution in [2.45, 2.75) is 6.61 Å². The molecule has 154 valence electrons. The Labute approximate surface area is 180 Å². The van der Waals surface area contributed by atoms with Crippen molar-refractivity contribution < 1.29 is 19.0 Å². The Hall–Kier alpha value is -3.51. The zero-order chi connectivity index (χ0) is 21.3. The largest absolute Gasteiger partial charge is 0.497 e. The van der Waals surface area contributed by atoms with Gasteiger partial charge in [0.25, 0.3) is 5.91 Å². The lowest BCUT2D eigenvalue weighted by atomic mass is 10.2. The molecule has 7 heteroatoms. The van der Waals surface area contributed by atoms with Gasteiger partial charge in [0.05, 0.1) is 25.5 Å². The third kappa shape index (κ3) is 5.52. The van der Waals surface area contributed by atoms with Gasteiger partial charge in [0.2, 0.25) is 0 Å². The molecule has 0 saturated heterocycles. The average Bonchev–Trinajstić information content (AvgIpc) is 2.78. The van der Waals surface area contributed by atoms with Crippen molar-refractivity contribution in [2.24, 2.45) is 5.10 Å². The Bertz CT molecular complexity index is 1020. The number of benzene rings is 3. The molecular weight excluding hydrogens is 404 g/mol. The molecule has 0 aliphatic heterocycles. The molecule has 0 saturated carbocycles. The number of nitrogens with zero attached hydrogens (tertiary/aromatic N) is 1. The van der Waals surface area contributed by atoms with E-state index in [0.717, 1.165) is 5.56 Å². The third-order valence-corrected chi connectivity index (χ3v) is 4.49. The highest BCUT2D eigenvalue weighted by molar-refractivity contribution is 6.32. The number of carbonyl (C=O) groups is 1. The standard InChI is InChI=1S/C23H21ClN2O4/c1-28-19-10-8-18(9-11-19)23(27)26-25-14-17-12-20(24)22(21(13-17)29-2)30-15-16-6-4-3-5-7-16/h3-14H,15H2,1-2H3,(H,26,27)/b25-14-. The summed E-state index contributed by atoms with van der Waals surface area (Å²) in [7, 11) is 3.10. The SMILES string of the molecule is COc1ccc(C(=O)N/N=C\c2cc(Cl)c(OCc3ccccc3)c(OC)c2)cc1. The summed E-state index contributed by atoms with van der Waals surface area (Å²) in [4.78, 5) is 12.2. The fourth-order valence-electron chi connectivity index (χ4n) is 2.66. The number of hydrogen-bond acceptors (Lipinski definition) is 5. The zero-order valence-corrected chi connectivity index (χ0v) is 17.3. The first kappa shape index (κ1) is 21.2. The number of ether oxygens (including phenoxy) is 3. The van der Waals surface area contributed by atoms with E-state index in [1.54, 1.807) is 43.5 Å². The van der Waals surface area contributed by atoms with Gasteiger partial charge >= 0.3 is 0 Å². The minimum atomic E-state index is -0.338. The van der Waals surface area contributed by atoms with Crippen LogP contribution in [0.1, 0.15) is 21.5 Å². The van der Waals surface area contributed by atoms with Crippen LogP contribution in [-0.2, 0) is 6.61 Å². The van der Waals surface area contributed by atoms with Gasteiger partial charge in [0.1, 0.15) is 12.4 Å². The first-order chi connectivity index (χ1) is 14.6. The highest BCUT2D eigenvalue weighted by Crippen LogP contribution is 2.36. The summed E-state index contributed by atoms with van der Waals surface area (Å²) in [5.41, 5.74) is 4.61. The maximum atomic E-state index is 12.2. The van der Waals surface area contributed by atoms with Crippen molar-refractivity contribution in [3.63, 3.8) is 0 Å². The van der Waals surface area contributed by atoms with Crippen molar-refractivity contribution in [2.75, 3.05) is 14.2 Å². The fraction of sp³-hybridized carbons (Fsp3) is 0.130. The lowest BCUT2D eigenvalue weighted by Crippen LogP contribution is -2.17. The molecule has 0 radical (unpaired) electrons. The molecular formula is C23H21ClN2O4. The molecule has 0 bridgehead atoms. The molecule has 1 amide bonds. The van der Waals surface area contributed by atoms with E-state index in [1.165, 1.54) is 13.3 Å². The molecule has 30 heavy (non-hydrogen) atoms. The van der Waals surface area contributed by atoms with Gasteiger partial charge in [0.15, 0.2) is 11.5 Å². The Morgan fingerprint density at radius 2 is 1.77 bits per heavy atom. The predicted octanol–water partition coefficient (Wildman–Crippen LogP) is 4.70. The normalized spacial score (nSPS) is 10.6. The summed E-state index contributed by atoms with van der Waals surface area (Å²) in [6.45, 7) is 0.363. The predicted molar refractivity (Wildman–Crippen MR) is 117 cm³/mol. The quantitative estimate of drug-likeness (QED) is 0.420. The molecule has 0 heterocycles. The number of hydrogen-bond donors (Lipinski definition) is 1. The summed E-state index contributed by atoms with van der Waals surface area (Å²) in [6.07, 6.45) is 1.48. The van der Waals surface area contributed by atoms with Crippen LogP contribution >= 0.6 is 11.6 Å². The lowest BCUT2D eigenvalue weighted by molar-refractivity contribution is 0.0955. The second-order valence-corrected chi connectivity index (χ2v) is 6.64. The van der Waals surface area contributed by atoms with E-state index in [2.05, 4.69) is 10.5 Å². The van der Waals surface area contributed by atoms with Crippen molar-refractivity contribution in [3.05, 3.63) is 88.4 Å². The molecule has 0 fully saturated rings. The summed E-state index contributed by atoms with van der Waals surface area (Å²) >= 11 is 6.38. The van der Waals surface area contributed by atoms with Crippen molar-refractivity contribution in [1.29, 1.82) is 0 Å². The zero-order valence-electron chi connectivity index (χ0n) is 16.6. The Morgan fingerprint density at radius 3 is 2.43 bits per heavy atom. The average molecular weight is 425 g/mol. The Kier molecular flexibility index (Phi) is 7.29. The second kappa shape index (κ2) is 10.3. The fourth-order valence-corrected chi connectivity index (χ4v) is 2.93. The molecule has 0 atom stereocenters. The molecule has 0 aliphatic rings. The molecule has 0 unspecified atom stereocenters. The monoisotopic (exact) mass is 424 g/mol. The number of halogens is 1. The van der Waals surface area contributed by atoms with E-state index in [4.69, 9.17) is 25.8 Å². The van der Waals surface area contributed by atoms with Gasteiger partial charge in [0, 0.05) is 5.56 Å².